The second kappa shape index (κ2) is 7.61. The van der Waals surface area contributed by atoms with Crippen molar-refractivity contribution in [3.05, 3.63) is 71.3 Å². The molecule has 0 saturated heterocycles. The highest BCUT2D eigenvalue weighted by Crippen LogP contribution is 2.16. The minimum Gasteiger partial charge on any atom is -0.292 e. The molecule has 21 heavy (non-hydrogen) atoms. The zero-order chi connectivity index (χ0) is 15.1. The average Bonchev–Trinajstić information content (AvgIpc) is 2.49. The summed E-state index contributed by atoms with van der Waals surface area (Å²) in [5.74, 6) is 0. The molecule has 0 aliphatic carbocycles. The van der Waals surface area contributed by atoms with Gasteiger partial charge in [-0.15, -0.1) is 0 Å². The minimum atomic E-state index is 0.459. The van der Waals surface area contributed by atoms with Crippen LogP contribution in [0.5, 0.6) is 0 Å². The molecule has 108 valence electrons. The molecule has 2 aromatic carbocycles. The molecule has 0 N–H and O–H groups in total. The van der Waals surface area contributed by atoms with Gasteiger partial charge in [0.2, 0.25) is 0 Å². The lowest BCUT2D eigenvalue weighted by Gasteiger charge is -2.27. The van der Waals surface area contributed by atoms with Gasteiger partial charge in [0.15, 0.2) is 0 Å². The van der Waals surface area contributed by atoms with Crippen molar-refractivity contribution in [2.45, 2.75) is 39.4 Å². The number of benzene rings is 2. The van der Waals surface area contributed by atoms with Crippen LogP contribution in [-0.4, -0.2) is 10.9 Å². The Morgan fingerprint density at radius 1 is 0.905 bits per heavy atom. The van der Waals surface area contributed by atoms with Crippen LogP contribution in [0.2, 0.25) is 0 Å². The Morgan fingerprint density at radius 3 is 2.14 bits per heavy atom. The molecule has 0 aliphatic heterocycles. The van der Waals surface area contributed by atoms with E-state index in [0.717, 1.165) is 18.7 Å². The summed E-state index contributed by atoms with van der Waals surface area (Å²) < 4.78 is 0. The van der Waals surface area contributed by atoms with Crippen LogP contribution in [0, 0.1) is 11.3 Å². The van der Waals surface area contributed by atoms with E-state index in [-0.39, 0.29) is 0 Å². The molecular formula is C19H22N2. The Morgan fingerprint density at radius 2 is 1.52 bits per heavy atom. The van der Waals surface area contributed by atoms with Crippen LogP contribution in [-0.2, 0) is 19.5 Å². The minimum absolute atomic E-state index is 0.459. The quantitative estimate of drug-likeness (QED) is 0.793. The molecule has 0 spiro atoms. The number of nitrogens with zero attached hydrogens (tertiary/aromatic N) is 2. The summed E-state index contributed by atoms with van der Waals surface area (Å²) in [7, 11) is 0. The summed E-state index contributed by atoms with van der Waals surface area (Å²) in [6, 6.07) is 21.5. The molecule has 0 bridgehead atoms. The van der Waals surface area contributed by atoms with Gasteiger partial charge in [-0.25, -0.2) is 0 Å². The third-order valence-electron chi connectivity index (χ3n) is 3.72. The van der Waals surface area contributed by atoms with E-state index < -0.39 is 0 Å². The van der Waals surface area contributed by atoms with Crippen molar-refractivity contribution in [3.8, 4) is 6.07 Å². The number of nitriles is 1. The molecule has 0 atom stereocenters. The van der Waals surface area contributed by atoms with Crippen LogP contribution < -0.4 is 0 Å². The van der Waals surface area contributed by atoms with E-state index in [4.69, 9.17) is 5.26 Å². The predicted octanol–water partition coefficient (Wildman–Crippen LogP) is 4.16. The maximum atomic E-state index is 8.96. The maximum Gasteiger partial charge on any atom is 0.0669 e. The van der Waals surface area contributed by atoms with Crippen LogP contribution in [0.1, 0.15) is 30.5 Å². The van der Waals surface area contributed by atoms with E-state index in [2.05, 4.69) is 67.3 Å². The standard InChI is InChI=1S/C19H22N2/c1-16(2)21(14-17-8-4-3-5-9-17)15-19-11-7-6-10-18(19)12-13-20/h3-11,16H,12,14-15H2,1-2H3. The van der Waals surface area contributed by atoms with E-state index in [0.29, 0.717) is 12.5 Å². The van der Waals surface area contributed by atoms with Crippen molar-refractivity contribution in [1.82, 2.24) is 4.90 Å². The van der Waals surface area contributed by atoms with Crippen LogP contribution in [0.25, 0.3) is 0 Å². The normalized spacial score (nSPS) is 10.8. The van der Waals surface area contributed by atoms with Gasteiger partial charge in [-0.05, 0) is 30.5 Å². The van der Waals surface area contributed by atoms with Crippen molar-refractivity contribution in [3.63, 3.8) is 0 Å². The van der Waals surface area contributed by atoms with Crippen molar-refractivity contribution in [2.75, 3.05) is 0 Å². The lowest BCUT2D eigenvalue weighted by molar-refractivity contribution is 0.203. The molecule has 0 saturated carbocycles. The highest BCUT2D eigenvalue weighted by atomic mass is 15.1. The predicted molar refractivity (Wildman–Crippen MR) is 86.6 cm³/mol. The van der Waals surface area contributed by atoms with Crippen molar-refractivity contribution >= 4 is 0 Å². The number of hydrogen-bond donors (Lipinski definition) is 0. The van der Waals surface area contributed by atoms with E-state index in [1.165, 1.54) is 11.1 Å². The van der Waals surface area contributed by atoms with Crippen molar-refractivity contribution < 1.29 is 0 Å². The fourth-order valence-electron chi connectivity index (χ4n) is 2.43. The molecule has 2 nitrogen and oxygen atoms in total. The van der Waals surface area contributed by atoms with Gasteiger partial charge >= 0.3 is 0 Å². The van der Waals surface area contributed by atoms with Crippen LogP contribution in [0.4, 0.5) is 0 Å². The lowest BCUT2D eigenvalue weighted by Crippen LogP contribution is -2.30. The molecule has 0 fully saturated rings. The largest absolute Gasteiger partial charge is 0.292 e. The molecule has 2 rings (SSSR count). The lowest BCUT2D eigenvalue weighted by atomic mass is 10.0. The molecule has 2 aromatic rings. The monoisotopic (exact) mass is 278 g/mol. The third kappa shape index (κ3) is 4.44. The summed E-state index contributed by atoms with van der Waals surface area (Å²) in [5.41, 5.74) is 3.71. The summed E-state index contributed by atoms with van der Waals surface area (Å²) >= 11 is 0. The smallest absolute Gasteiger partial charge is 0.0669 e. The zero-order valence-electron chi connectivity index (χ0n) is 12.8. The van der Waals surface area contributed by atoms with Gasteiger partial charge in [0.25, 0.3) is 0 Å². The molecule has 0 unspecified atom stereocenters. The molecule has 2 heteroatoms. The summed E-state index contributed by atoms with van der Waals surface area (Å²) in [6.07, 6.45) is 0.480. The summed E-state index contributed by atoms with van der Waals surface area (Å²) in [4.78, 5) is 2.44. The fraction of sp³-hybridized carbons (Fsp3) is 0.316. The van der Waals surface area contributed by atoms with Crippen LogP contribution in [0.3, 0.4) is 0 Å². The van der Waals surface area contributed by atoms with Gasteiger partial charge in [0, 0.05) is 19.1 Å². The highest BCUT2D eigenvalue weighted by molar-refractivity contribution is 5.29. The maximum absolute atomic E-state index is 8.96. The van der Waals surface area contributed by atoms with Crippen molar-refractivity contribution in [1.29, 1.82) is 5.26 Å². The molecule has 0 amide bonds. The Bertz CT molecular complexity index is 596. The molecular weight excluding hydrogens is 256 g/mol. The van der Waals surface area contributed by atoms with E-state index in [9.17, 15) is 0 Å². The Hall–Kier alpha value is -2.11. The first-order valence-electron chi connectivity index (χ1n) is 7.42. The highest BCUT2D eigenvalue weighted by Gasteiger charge is 2.12. The van der Waals surface area contributed by atoms with Crippen molar-refractivity contribution in [2.24, 2.45) is 0 Å². The number of hydrogen-bond acceptors (Lipinski definition) is 2. The van der Waals surface area contributed by atoms with E-state index >= 15 is 0 Å². The van der Waals surface area contributed by atoms with Crippen LogP contribution in [0.15, 0.2) is 54.6 Å². The third-order valence-corrected chi connectivity index (χ3v) is 3.72. The second-order valence-corrected chi connectivity index (χ2v) is 5.59. The van der Waals surface area contributed by atoms with Gasteiger partial charge in [0.1, 0.15) is 0 Å². The van der Waals surface area contributed by atoms with Gasteiger partial charge in [-0.3, -0.25) is 4.90 Å². The zero-order valence-corrected chi connectivity index (χ0v) is 12.8. The number of rotatable bonds is 6. The second-order valence-electron chi connectivity index (χ2n) is 5.59. The fourth-order valence-corrected chi connectivity index (χ4v) is 2.43. The Balaban J connectivity index is 2.15. The van der Waals surface area contributed by atoms with Crippen LogP contribution >= 0.6 is 0 Å². The average molecular weight is 278 g/mol. The summed E-state index contributed by atoms with van der Waals surface area (Å²) in [6.45, 7) is 6.25. The molecule has 0 aromatic heterocycles. The van der Waals surface area contributed by atoms with Gasteiger partial charge in [0.05, 0.1) is 12.5 Å². The molecule has 0 heterocycles. The van der Waals surface area contributed by atoms with E-state index in [1.807, 2.05) is 12.1 Å². The van der Waals surface area contributed by atoms with Gasteiger partial charge in [-0.2, -0.15) is 5.26 Å². The van der Waals surface area contributed by atoms with E-state index in [1.54, 1.807) is 0 Å². The summed E-state index contributed by atoms with van der Waals surface area (Å²) in [5, 5.41) is 8.96. The first-order valence-corrected chi connectivity index (χ1v) is 7.42. The molecule has 0 radical (unpaired) electrons. The van der Waals surface area contributed by atoms with Gasteiger partial charge < -0.3 is 0 Å². The SMILES string of the molecule is CC(C)N(Cc1ccccc1)Cc1ccccc1CC#N. The first-order chi connectivity index (χ1) is 10.2. The topological polar surface area (TPSA) is 27.0 Å². The molecule has 0 aliphatic rings. The van der Waals surface area contributed by atoms with Gasteiger partial charge in [-0.1, -0.05) is 54.6 Å². The first kappa shape index (κ1) is 15.3. The Kier molecular flexibility index (Phi) is 5.54. The Labute approximate surface area is 127 Å².